The van der Waals surface area contributed by atoms with Crippen molar-refractivity contribution in [3.63, 3.8) is 0 Å². The lowest BCUT2D eigenvalue weighted by molar-refractivity contribution is 0.0526. The van der Waals surface area contributed by atoms with E-state index in [1.807, 2.05) is 6.07 Å². The molecule has 0 aliphatic carbocycles. The van der Waals surface area contributed by atoms with Gasteiger partial charge in [-0.15, -0.1) is 0 Å². The van der Waals surface area contributed by atoms with Gasteiger partial charge in [-0.25, -0.2) is 9.78 Å². The molecule has 0 saturated heterocycles. The summed E-state index contributed by atoms with van der Waals surface area (Å²) in [5.41, 5.74) is 1.82. The highest BCUT2D eigenvalue weighted by Crippen LogP contribution is 2.07. The second-order valence-electron chi connectivity index (χ2n) is 4.67. The Morgan fingerprint density at radius 3 is 2.67 bits per heavy atom. The number of aryl methyl sites for hydroxylation is 1. The van der Waals surface area contributed by atoms with E-state index in [0.29, 0.717) is 12.2 Å². The Morgan fingerprint density at radius 2 is 2.00 bits per heavy atom. The number of esters is 1. The van der Waals surface area contributed by atoms with Gasteiger partial charge in [0.05, 0.1) is 12.2 Å². The number of anilines is 1. The second kappa shape index (κ2) is 8.04. The Morgan fingerprint density at radius 1 is 1.19 bits per heavy atom. The molecule has 110 valence electrons. The third kappa shape index (κ3) is 4.91. The number of carbonyl (C=O) groups is 1. The van der Waals surface area contributed by atoms with Crippen LogP contribution in [0, 0.1) is 0 Å². The molecule has 0 fully saturated rings. The number of aromatic nitrogens is 1. The zero-order valence-corrected chi connectivity index (χ0v) is 12.2. The van der Waals surface area contributed by atoms with Gasteiger partial charge in [0, 0.05) is 12.7 Å². The molecule has 0 unspecified atom stereocenters. The summed E-state index contributed by atoms with van der Waals surface area (Å²) in [6.07, 6.45) is 3.61. The van der Waals surface area contributed by atoms with Crippen LogP contribution in [-0.4, -0.2) is 24.1 Å². The number of rotatable bonds is 7. The Kier molecular flexibility index (Phi) is 5.76. The molecule has 0 aliphatic heterocycles. The molecule has 0 spiro atoms. The largest absolute Gasteiger partial charge is 0.462 e. The first-order chi connectivity index (χ1) is 10.3. The van der Waals surface area contributed by atoms with E-state index in [4.69, 9.17) is 4.74 Å². The average Bonchev–Trinajstić information content (AvgIpc) is 2.53. The van der Waals surface area contributed by atoms with E-state index in [9.17, 15) is 4.79 Å². The normalized spacial score (nSPS) is 10.1. The van der Waals surface area contributed by atoms with E-state index in [1.165, 1.54) is 11.8 Å². The molecule has 1 aromatic heterocycles. The minimum absolute atomic E-state index is 0.333. The smallest absolute Gasteiger partial charge is 0.339 e. The summed E-state index contributed by atoms with van der Waals surface area (Å²) in [7, 11) is 0. The molecule has 21 heavy (non-hydrogen) atoms. The van der Waals surface area contributed by atoms with Gasteiger partial charge >= 0.3 is 5.97 Å². The zero-order chi connectivity index (χ0) is 14.9. The maximum atomic E-state index is 11.5. The summed E-state index contributed by atoms with van der Waals surface area (Å²) in [5, 5.41) is 3.25. The molecule has 0 atom stereocenters. The molecule has 0 radical (unpaired) electrons. The summed E-state index contributed by atoms with van der Waals surface area (Å²) >= 11 is 0. The fourth-order valence-corrected chi connectivity index (χ4v) is 1.99. The van der Waals surface area contributed by atoms with Crippen molar-refractivity contribution in [1.29, 1.82) is 0 Å². The molecule has 2 rings (SSSR count). The van der Waals surface area contributed by atoms with Crippen LogP contribution in [-0.2, 0) is 11.2 Å². The van der Waals surface area contributed by atoms with E-state index in [2.05, 4.69) is 34.6 Å². The van der Waals surface area contributed by atoms with Crippen molar-refractivity contribution in [3.8, 4) is 0 Å². The first-order valence-corrected chi connectivity index (χ1v) is 7.20. The predicted molar refractivity (Wildman–Crippen MR) is 83.4 cm³/mol. The number of ether oxygens (including phenoxy) is 1. The minimum atomic E-state index is -0.333. The van der Waals surface area contributed by atoms with E-state index in [1.54, 1.807) is 19.1 Å². The SMILES string of the molecule is CCOC(=O)c1ccc(NCCCc2ccccc2)nc1. The van der Waals surface area contributed by atoms with Gasteiger partial charge in [0.2, 0.25) is 0 Å². The Labute approximate surface area is 125 Å². The number of hydrogen-bond donors (Lipinski definition) is 1. The van der Waals surface area contributed by atoms with E-state index < -0.39 is 0 Å². The molecule has 2 aromatic rings. The van der Waals surface area contributed by atoms with E-state index in [0.717, 1.165) is 25.2 Å². The van der Waals surface area contributed by atoms with Gasteiger partial charge < -0.3 is 10.1 Å². The molecule has 4 nitrogen and oxygen atoms in total. The van der Waals surface area contributed by atoms with Crippen molar-refractivity contribution in [3.05, 3.63) is 59.8 Å². The standard InChI is InChI=1S/C17H20N2O2/c1-2-21-17(20)15-10-11-16(19-13-15)18-12-6-9-14-7-4-3-5-8-14/h3-5,7-8,10-11,13H,2,6,9,12H2,1H3,(H,18,19). The van der Waals surface area contributed by atoms with Gasteiger partial charge in [-0.2, -0.15) is 0 Å². The van der Waals surface area contributed by atoms with Crippen LogP contribution in [0.1, 0.15) is 29.3 Å². The third-order valence-electron chi connectivity index (χ3n) is 3.07. The summed E-state index contributed by atoms with van der Waals surface area (Å²) in [4.78, 5) is 15.7. The number of nitrogens with one attached hydrogen (secondary N) is 1. The predicted octanol–water partition coefficient (Wildman–Crippen LogP) is 3.30. The van der Waals surface area contributed by atoms with Crippen molar-refractivity contribution in [2.24, 2.45) is 0 Å². The monoisotopic (exact) mass is 284 g/mol. The highest BCUT2D eigenvalue weighted by Gasteiger charge is 2.06. The fourth-order valence-electron chi connectivity index (χ4n) is 1.99. The molecular formula is C17H20N2O2. The van der Waals surface area contributed by atoms with Crippen LogP contribution in [0.15, 0.2) is 48.7 Å². The number of nitrogens with zero attached hydrogens (tertiary/aromatic N) is 1. The Bertz CT molecular complexity index is 553. The molecular weight excluding hydrogens is 264 g/mol. The highest BCUT2D eigenvalue weighted by molar-refractivity contribution is 5.89. The molecule has 0 amide bonds. The topological polar surface area (TPSA) is 51.2 Å². The summed E-state index contributed by atoms with van der Waals surface area (Å²) in [6, 6.07) is 13.9. The van der Waals surface area contributed by atoms with Crippen molar-refractivity contribution in [2.45, 2.75) is 19.8 Å². The van der Waals surface area contributed by atoms with E-state index in [-0.39, 0.29) is 5.97 Å². The molecule has 0 aliphatic rings. The summed E-state index contributed by atoms with van der Waals surface area (Å²) in [6.45, 7) is 3.01. The van der Waals surface area contributed by atoms with Crippen LogP contribution in [0.25, 0.3) is 0 Å². The average molecular weight is 284 g/mol. The molecule has 1 N–H and O–H groups in total. The Balaban J connectivity index is 1.75. The van der Waals surface area contributed by atoms with Crippen LogP contribution >= 0.6 is 0 Å². The Hall–Kier alpha value is -2.36. The third-order valence-corrected chi connectivity index (χ3v) is 3.07. The van der Waals surface area contributed by atoms with Crippen LogP contribution in [0.3, 0.4) is 0 Å². The highest BCUT2D eigenvalue weighted by atomic mass is 16.5. The van der Waals surface area contributed by atoms with Crippen molar-refractivity contribution in [1.82, 2.24) is 4.98 Å². The number of pyridine rings is 1. The number of hydrogen-bond acceptors (Lipinski definition) is 4. The first kappa shape index (κ1) is 15.0. The molecule has 0 bridgehead atoms. The van der Waals surface area contributed by atoms with Crippen LogP contribution in [0.5, 0.6) is 0 Å². The molecule has 4 heteroatoms. The summed E-state index contributed by atoms with van der Waals surface area (Å²) < 4.78 is 4.92. The lowest BCUT2D eigenvalue weighted by atomic mass is 10.1. The van der Waals surface area contributed by atoms with Gasteiger partial charge in [0.15, 0.2) is 0 Å². The van der Waals surface area contributed by atoms with E-state index >= 15 is 0 Å². The second-order valence-corrected chi connectivity index (χ2v) is 4.67. The molecule has 1 heterocycles. The van der Waals surface area contributed by atoms with Crippen molar-refractivity contribution >= 4 is 11.8 Å². The zero-order valence-electron chi connectivity index (χ0n) is 12.2. The summed E-state index contributed by atoms with van der Waals surface area (Å²) in [5.74, 6) is 0.441. The van der Waals surface area contributed by atoms with Gasteiger partial charge in [-0.1, -0.05) is 30.3 Å². The van der Waals surface area contributed by atoms with Gasteiger partial charge in [0.1, 0.15) is 5.82 Å². The number of benzene rings is 1. The maximum Gasteiger partial charge on any atom is 0.339 e. The lowest BCUT2D eigenvalue weighted by Crippen LogP contribution is -2.07. The number of carbonyl (C=O) groups excluding carboxylic acids is 1. The van der Waals surface area contributed by atoms with Crippen molar-refractivity contribution in [2.75, 3.05) is 18.5 Å². The quantitative estimate of drug-likeness (QED) is 0.626. The van der Waals surface area contributed by atoms with Gasteiger partial charge in [0.25, 0.3) is 0 Å². The fraction of sp³-hybridized carbons (Fsp3) is 0.294. The van der Waals surface area contributed by atoms with Crippen molar-refractivity contribution < 1.29 is 9.53 Å². The van der Waals surface area contributed by atoms with Gasteiger partial charge in [-0.3, -0.25) is 0 Å². The molecule has 0 saturated carbocycles. The first-order valence-electron chi connectivity index (χ1n) is 7.20. The van der Waals surface area contributed by atoms with Crippen LogP contribution in [0.4, 0.5) is 5.82 Å². The lowest BCUT2D eigenvalue weighted by Gasteiger charge is -2.06. The minimum Gasteiger partial charge on any atom is -0.462 e. The maximum absolute atomic E-state index is 11.5. The van der Waals surface area contributed by atoms with Crippen LogP contribution < -0.4 is 5.32 Å². The van der Waals surface area contributed by atoms with Crippen LogP contribution in [0.2, 0.25) is 0 Å². The molecule has 1 aromatic carbocycles. The van der Waals surface area contributed by atoms with Gasteiger partial charge in [-0.05, 0) is 37.5 Å².